The summed E-state index contributed by atoms with van der Waals surface area (Å²) < 4.78 is 5.43. The van der Waals surface area contributed by atoms with Gasteiger partial charge in [-0.2, -0.15) is 0 Å². The van der Waals surface area contributed by atoms with Gasteiger partial charge < -0.3 is 14.7 Å². The van der Waals surface area contributed by atoms with Gasteiger partial charge >= 0.3 is 0 Å². The van der Waals surface area contributed by atoms with Crippen LogP contribution >= 0.6 is 0 Å². The van der Waals surface area contributed by atoms with Gasteiger partial charge in [0.2, 0.25) is 11.8 Å². The van der Waals surface area contributed by atoms with Gasteiger partial charge in [0.1, 0.15) is 6.04 Å². The first-order valence-corrected chi connectivity index (χ1v) is 8.82. The zero-order chi connectivity index (χ0) is 19.1. The third kappa shape index (κ3) is 2.98. The molecule has 0 spiro atoms. The van der Waals surface area contributed by atoms with Crippen LogP contribution in [0.3, 0.4) is 0 Å². The van der Waals surface area contributed by atoms with Gasteiger partial charge in [-0.15, -0.1) is 0 Å². The fourth-order valence-corrected chi connectivity index (χ4v) is 3.72. The molecule has 2 saturated heterocycles. The van der Waals surface area contributed by atoms with Crippen LogP contribution in [0.15, 0.2) is 18.2 Å². The molecule has 0 aromatic heterocycles. The van der Waals surface area contributed by atoms with Crippen LogP contribution in [0.5, 0.6) is 0 Å². The minimum atomic E-state index is -0.972. The summed E-state index contributed by atoms with van der Waals surface area (Å²) in [6.07, 6.45) is -0.0833. The molecule has 0 saturated carbocycles. The second-order valence-electron chi connectivity index (χ2n) is 6.80. The Hall–Kier alpha value is -2.78. The zero-order valence-electron chi connectivity index (χ0n) is 14.5. The number of carbonyl (C=O) groups is 4. The Bertz CT molecular complexity index is 838. The molecule has 4 rings (SSSR count). The number of hydrogen-bond acceptors (Lipinski definition) is 7. The molecule has 9 nitrogen and oxygen atoms in total. The maximum absolute atomic E-state index is 12.8. The van der Waals surface area contributed by atoms with E-state index in [2.05, 4.69) is 5.32 Å². The van der Waals surface area contributed by atoms with E-state index < -0.39 is 29.7 Å². The lowest BCUT2D eigenvalue weighted by Gasteiger charge is -2.33. The zero-order valence-corrected chi connectivity index (χ0v) is 14.5. The molecule has 2 atom stereocenters. The van der Waals surface area contributed by atoms with E-state index in [1.54, 1.807) is 18.2 Å². The van der Waals surface area contributed by atoms with E-state index in [0.29, 0.717) is 19.7 Å². The predicted octanol–water partition coefficient (Wildman–Crippen LogP) is -0.715. The van der Waals surface area contributed by atoms with Gasteiger partial charge in [-0.25, -0.2) is 0 Å². The highest BCUT2D eigenvalue weighted by Gasteiger charge is 2.44. The van der Waals surface area contributed by atoms with Gasteiger partial charge in [0.15, 0.2) is 0 Å². The van der Waals surface area contributed by atoms with Crippen molar-refractivity contribution in [2.75, 3.05) is 31.2 Å². The molecule has 1 aromatic rings. The maximum atomic E-state index is 12.8. The summed E-state index contributed by atoms with van der Waals surface area (Å²) in [4.78, 5) is 51.9. The van der Waals surface area contributed by atoms with E-state index >= 15 is 0 Å². The molecule has 27 heavy (non-hydrogen) atoms. The lowest BCUT2D eigenvalue weighted by molar-refractivity contribution is -0.136. The molecule has 3 aliphatic rings. The Balaban J connectivity index is 1.60. The number of anilines is 1. The van der Waals surface area contributed by atoms with Crippen molar-refractivity contribution >= 4 is 29.3 Å². The molecular formula is C18H19N3O6. The van der Waals surface area contributed by atoms with E-state index in [1.165, 1.54) is 0 Å². The molecule has 0 bridgehead atoms. The number of hydrogen-bond donors (Lipinski definition) is 2. The van der Waals surface area contributed by atoms with Crippen LogP contribution in [-0.4, -0.2) is 72.1 Å². The first kappa shape index (κ1) is 17.6. The van der Waals surface area contributed by atoms with E-state index in [1.807, 2.05) is 4.90 Å². The number of rotatable bonds is 3. The minimum Gasteiger partial charge on any atom is -0.394 e. The first-order valence-electron chi connectivity index (χ1n) is 8.82. The molecule has 1 aromatic carbocycles. The average molecular weight is 373 g/mol. The van der Waals surface area contributed by atoms with Gasteiger partial charge in [0, 0.05) is 25.2 Å². The number of piperidine rings is 1. The molecule has 2 unspecified atom stereocenters. The Morgan fingerprint density at radius 1 is 1.15 bits per heavy atom. The van der Waals surface area contributed by atoms with E-state index in [9.17, 15) is 24.3 Å². The fraction of sp³-hybridized carbons (Fsp3) is 0.444. The van der Waals surface area contributed by atoms with Crippen LogP contribution in [-0.2, 0) is 14.3 Å². The molecule has 3 heterocycles. The van der Waals surface area contributed by atoms with Crippen LogP contribution in [0.25, 0.3) is 0 Å². The molecular weight excluding hydrogens is 354 g/mol. The standard InChI is InChI=1S/C18H19N3O6/c22-9-11-8-20(5-6-27-11)10-1-2-12-13(7-10)18(26)21(17(12)25)14-3-4-15(23)19-16(14)24/h1-2,7,11,14,22H,3-6,8-9H2,(H,19,23,24). The van der Waals surface area contributed by atoms with Crippen LogP contribution < -0.4 is 10.2 Å². The molecule has 2 fully saturated rings. The third-order valence-electron chi connectivity index (χ3n) is 5.13. The van der Waals surface area contributed by atoms with Crippen molar-refractivity contribution < 1.29 is 29.0 Å². The quantitative estimate of drug-likeness (QED) is 0.672. The number of amides is 4. The molecule has 142 valence electrons. The van der Waals surface area contributed by atoms with Crippen molar-refractivity contribution in [3.63, 3.8) is 0 Å². The highest BCUT2D eigenvalue weighted by molar-refractivity contribution is 6.23. The van der Waals surface area contributed by atoms with E-state index in [0.717, 1.165) is 10.6 Å². The fourth-order valence-electron chi connectivity index (χ4n) is 3.72. The number of ether oxygens (including phenoxy) is 1. The normalized spacial score (nSPS) is 25.7. The molecule has 0 radical (unpaired) electrons. The number of fused-ring (bicyclic) bond motifs is 1. The number of morpholine rings is 1. The lowest BCUT2D eigenvalue weighted by atomic mass is 10.0. The number of aliphatic hydroxyl groups is 1. The Labute approximate surface area is 154 Å². The van der Waals surface area contributed by atoms with Crippen molar-refractivity contribution in [2.24, 2.45) is 0 Å². The van der Waals surface area contributed by atoms with Crippen molar-refractivity contribution in [1.29, 1.82) is 0 Å². The predicted molar refractivity (Wildman–Crippen MR) is 92.2 cm³/mol. The molecule has 3 aliphatic heterocycles. The number of nitrogens with one attached hydrogen (secondary N) is 1. The first-order chi connectivity index (χ1) is 13.0. The van der Waals surface area contributed by atoms with Crippen molar-refractivity contribution in [1.82, 2.24) is 10.2 Å². The summed E-state index contributed by atoms with van der Waals surface area (Å²) >= 11 is 0. The smallest absolute Gasteiger partial charge is 0.262 e. The summed E-state index contributed by atoms with van der Waals surface area (Å²) in [7, 11) is 0. The van der Waals surface area contributed by atoms with Crippen molar-refractivity contribution in [2.45, 2.75) is 25.0 Å². The minimum absolute atomic E-state index is 0.0887. The number of carbonyl (C=O) groups excluding carboxylic acids is 4. The van der Waals surface area contributed by atoms with Crippen LogP contribution in [0.4, 0.5) is 5.69 Å². The highest BCUT2D eigenvalue weighted by Crippen LogP contribution is 2.31. The van der Waals surface area contributed by atoms with Gasteiger partial charge in [-0.05, 0) is 24.6 Å². The van der Waals surface area contributed by atoms with Crippen molar-refractivity contribution in [3.05, 3.63) is 29.3 Å². The summed E-state index contributed by atoms with van der Waals surface area (Å²) in [5.74, 6) is -2.08. The summed E-state index contributed by atoms with van der Waals surface area (Å²) in [6.45, 7) is 1.45. The summed E-state index contributed by atoms with van der Waals surface area (Å²) in [6, 6.07) is 4.00. The van der Waals surface area contributed by atoms with Gasteiger partial charge in [-0.1, -0.05) is 0 Å². The average Bonchev–Trinajstić information content (AvgIpc) is 2.92. The van der Waals surface area contributed by atoms with Crippen LogP contribution in [0.2, 0.25) is 0 Å². The Morgan fingerprint density at radius 3 is 2.67 bits per heavy atom. The molecule has 0 aliphatic carbocycles. The van der Waals surface area contributed by atoms with E-state index in [4.69, 9.17) is 4.74 Å². The third-order valence-corrected chi connectivity index (χ3v) is 5.13. The van der Waals surface area contributed by atoms with Crippen LogP contribution in [0, 0.1) is 0 Å². The number of benzene rings is 1. The van der Waals surface area contributed by atoms with Crippen molar-refractivity contribution in [3.8, 4) is 0 Å². The summed E-state index contributed by atoms with van der Waals surface area (Å²) in [5, 5.41) is 11.5. The lowest BCUT2D eigenvalue weighted by Crippen LogP contribution is -2.54. The number of nitrogens with zero attached hydrogens (tertiary/aromatic N) is 2. The molecule has 9 heteroatoms. The second kappa shape index (κ2) is 6.75. The monoisotopic (exact) mass is 373 g/mol. The maximum Gasteiger partial charge on any atom is 0.262 e. The topological polar surface area (TPSA) is 116 Å². The Kier molecular flexibility index (Phi) is 4.40. The largest absolute Gasteiger partial charge is 0.394 e. The number of imide groups is 2. The molecule has 2 N–H and O–H groups in total. The van der Waals surface area contributed by atoms with Gasteiger partial charge in [0.25, 0.3) is 11.8 Å². The summed E-state index contributed by atoms with van der Waals surface area (Å²) in [5.41, 5.74) is 1.25. The van der Waals surface area contributed by atoms with Gasteiger partial charge in [0.05, 0.1) is 30.4 Å². The van der Waals surface area contributed by atoms with Gasteiger partial charge in [-0.3, -0.25) is 29.4 Å². The Morgan fingerprint density at radius 2 is 1.93 bits per heavy atom. The molecule has 4 amide bonds. The van der Waals surface area contributed by atoms with E-state index in [-0.39, 0.29) is 36.7 Å². The SMILES string of the molecule is O=C1CCC(N2C(=O)c3ccc(N4CCOC(CO)C4)cc3C2=O)C(=O)N1. The number of aliphatic hydroxyl groups excluding tert-OH is 1. The second-order valence-corrected chi connectivity index (χ2v) is 6.80. The van der Waals surface area contributed by atoms with Crippen LogP contribution in [0.1, 0.15) is 33.6 Å². The highest BCUT2D eigenvalue weighted by atomic mass is 16.5.